The standard InChI is InChI=1S/C27H30FN3O5/c1-16(2)27-30-25(19-5-4-6-21(13-19)29-17(3)32)26(18-7-9-20(28)10-8-18)31(27)12-11-22(33)14-23(34)15-24(35)36/h4-13,16,22-23,33-34H,14-15H2,1-3H3,(H,29,32)(H,35,36)/b12-11+. The van der Waals surface area contributed by atoms with Crippen molar-refractivity contribution >= 4 is 23.8 Å². The summed E-state index contributed by atoms with van der Waals surface area (Å²) in [4.78, 5) is 27.3. The summed E-state index contributed by atoms with van der Waals surface area (Å²) < 4.78 is 15.5. The molecule has 0 radical (unpaired) electrons. The molecule has 4 N–H and O–H groups in total. The first-order valence-corrected chi connectivity index (χ1v) is 11.6. The van der Waals surface area contributed by atoms with Gasteiger partial charge in [-0.2, -0.15) is 0 Å². The SMILES string of the molecule is CC(=O)Nc1cccc(-c2nc(C(C)C)n(/C=C/C(O)CC(O)CC(=O)O)c2-c2ccc(F)cc2)c1. The quantitative estimate of drug-likeness (QED) is 0.328. The normalized spacial score (nSPS) is 13.2. The van der Waals surface area contributed by atoms with Gasteiger partial charge in [-0.15, -0.1) is 0 Å². The second-order valence-electron chi connectivity index (χ2n) is 8.86. The summed E-state index contributed by atoms with van der Waals surface area (Å²) in [6, 6.07) is 13.2. The van der Waals surface area contributed by atoms with Crippen LogP contribution in [0, 0.1) is 5.82 Å². The number of carbonyl (C=O) groups excluding carboxylic acids is 1. The van der Waals surface area contributed by atoms with E-state index in [9.17, 15) is 24.2 Å². The van der Waals surface area contributed by atoms with Gasteiger partial charge in [0.15, 0.2) is 0 Å². The predicted molar refractivity (Wildman–Crippen MR) is 136 cm³/mol. The molecule has 0 fully saturated rings. The summed E-state index contributed by atoms with van der Waals surface area (Å²) in [7, 11) is 0. The van der Waals surface area contributed by atoms with Crippen molar-refractivity contribution in [3.8, 4) is 22.5 Å². The molecule has 2 unspecified atom stereocenters. The molecule has 0 aliphatic heterocycles. The van der Waals surface area contributed by atoms with E-state index in [1.54, 1.807) is 41.1 Å². The molecule has 3 rings (SSSR count). The Bertz CT molecular complexity index is 1250. The van der Waals surface area contributed by atoms with Gasteiger partial charge in [0.2, 0.25) is 5.91 Å². The number of anilines is 1. The summed E-state index contributed by atoms with van der Waals surface area (Å²) in [6.07, 6.45) is 0.172. The number of imidazole rings is 1. The number of amides is 1. The first-order chi connectivity index (χ1) is 17.0. The molecule has 1 heterocycles. The van der Waals surface area contributed by atoms with E-state index in [1.807, 2.05) is 19.9 Å². The summed E-state index contributed by atoms with van der Waals surface area (Å²) in [5, 5.41) is 31.9. The number of benzene rings is 2. The second kappa shape index (κ2) is 11.7. The molecule has 0 saturated heterocycles. The van der Waals surface area contributed by atoms with Crippen molar-refractivity contribution in [2.45, 2.75) is 51.7 Å². The highest BCUT2D eigenvalue weighted by atomic mass is 19.1. The smallest absolute Gasteiger partial charge is 0.305 e. The van der Waals surface area contributed by atoms with Crippen LogP contribution >= 0.6 is 0 Å². The van der Waals surface area contributed by atoms with E-state index in [4.69, 9.17) is 10.1 Å². The number of aliphatic hydroxyl groups excluding tert-OH is 2. The zero-order chi connectivity index (χ0) is 26.4. The molecule has 2 aromatic carbocycles. The Hall–Kier alpha value is -3.82. The van der Waals surface area contributed by atoms with Gasteiger partial charge in [0.05, 0.1) is 30.0 Å². The first kappa shape index (κ1) is 26.8. The Kier molecular flexibility index (Phi) is 8.73. The van der Waals surface area contributed by atoms with Gasteiger partial charge in [-0.1, -0.05) is 26.0 Å². The van der Waals surface area contributed by atoms with Crippen LogP contribution in [0.2, 0.25) is 0 Å². The molecular weight excluding hydrogens is 465 g/mol. The molecule has 3 aromatic rings. The Labute approximate surface area is 208 Å². The maximum absolute atomic E-state index is 13.7. The van der Waals surface area contributed by atoms with Gasteiger partial charge in [0, 0.05) is 42.3 Å². The molecule has 1 aromatic heterocycles. The van der Waals surface area contributed by atoms with Gasteiger partial charge in [-0.3, -0.25) is 9.59 Å². The number of carboxylic acid groups (broad SMARTS) is 1. The fourth-order valence-corrected chi connectivity index (χ4v) is 3.87. The lowest BCUT2D eigenvalue weighted by atomic mass is 10.0. The minimum absolute atomic E-state index is 0.0316. The number of aliphatic hydroxyl groups is 2. The molecule has 0 aliphatic carbocycles. The summed E-state index contributed by atoms with van der Waals surface area (Å²) in [6.45, 7) is 5.35. The van der Waals surface area contributed by atoms with Crippen LogP contribution in [0.5, 0.6) is 0 Å². The van der Waals surface area contributed by atoms with Gasteiger partial charge < -0.3 is 25.2 Å². The van der Waals surface area contributed by atoms with E-state index >= 15 is 0 Å². The average Bonchev–Trinajstić information content (AvgIpc) is 3.17. The van der Waals surface area contributed by atoms with Crippen molar-refractivity contribution in [3.63, 3.8) is 0 Å². The molecule has 0 aliphatic rings. The van der Waals surface area contributed by atoms with Crippen LogP contribution in [0.1, 0.15) is 45.4 Å². The number of halogens is 1. The molecule has 36 heavy (non-hydrogen) atoms. The van der Waals surface area contributed by atoms with Crippen molar-refractivity contribution in [3.05, 3.63) is 66.2 Å². The second-order valence-corrected chi connectivity index (χ2v) is 8.86. The lowest BCUT2D eigenvalue weighted by molar-refractivity contribution is -0.139. The molecule has 2 atom stereocenters. The first-order valence-electron chi connectivity index (χ1n) is 11.6. The molecule has 0 bridgehead atoms. The number of carboxylic acids is 1. The highest BCUT2D eigenvalue weighted by Crippen LogP contribution is 2.36. The number of hydrogen-bond donors (Lipinski definition) is 4. The minimum Gasteiger partial charge on any atom is -0.481 e. The van der Waals surface area contributed by atoms with Gasteiger partial charge in [0.25, 0.3) is 0 Å². The van der Waals surface area contributed by atoms with Crippen molar-refractivity contribution in [2.75, 3.05) is 5.32 Å². The fourth-order valence-electron chi connectivity index (χ4n) is 3.87. The van der Waals surface area contributed by atoms with Crippen LogP contribution in [0.15, 0.2) is 54.6 Å². The van der Waals surface area contributed by atoms with E-state index in [0.29, 0.717) is 28.5 Å². The zero-order valence-corrected chi connectivity index (χ0v) is 20.4. The number of nitrogens with zero attached hydrogens (tertiary/aromatic N) is 2. The Balaban J connectivity index is 2.13. The number of nitrogens with one attached hydrogen (secondary N) is 1. The van der Waals surface area contributed by atoms with Gasteiger partial charge >= 0.3 is 5.97 Å². The van der Waals surface area contributed by atoms with E-state index in [0.717, 1.165) is 5.56 Å². The number of hydrogen-bond acceptors (Lipinski definition) is 5. The van der Waals surface area contributed by atoms with E-state index in [-0.39, 0.29) is 24.1 Å². The summed E-state index contributed by atoms with van der Waals surface area (Å²) >= 11 is 0. The lowest BCUT2D eigenvalue weighted by Crippen LogP contribution is -2.19. The third-order valence-corrected chi connectivity index (χ3v) is 5.41. The number of aromatic nitrogens is 2. The molecule has 8 nitrogen and oxygen atoms in total. The van der Waals surface area contributed by atoms with Crippen LogP contribution in [-0.2, 0) is 9.59 Å². The third kappa shape index (κ3) is 6.87. The van der Waals surface area contributed by atoms with Gasteiger partial charge in [-0.25, -0.2) is 9.37 Å². The lowest BCUT2D eigenvalue weighted by Gasteiger charge is -2.13. The number of carbonyl (C=O) groups is 2. The van der Waals surface area contributed by atoms with Crippen LogP contribution in [0.25, 0.3) is 28.7 Å². The van der Waals surface area contributed by atoms with Crippen molar-refractivity contribution < 1.29 is 29.3 Å². The molecule has 1 amide bonds. The summed E-state index contributed by atoms with van der Waals surface area (Å²) in [5.41, 5.74) is 3.26. The van der Waals surface area contributed by atoms with Gasteiger partial charge in [-0.05, 0) is 42.5 Å². The monoisotopic (exact) mass is 495 g/mol. The fraction of sp³-hybridized carbons (Fsp3) is 0.296. The molecule has 9 heteroatoms. The number of aliphatic carboxylic acids is 1. The van der Waals surface area contributed by atoms with Crippen molar-refractivity contribution in [1.82, 2.24) is 9.55 Å². The molecule has 0 saturated carbocycles. The minimum atomic E-state index is -1.20. The maximum atomic E-state index is 13.7. The number of rotatable bonds is 10. The zero-order valence-electron chi connectivity index (χ0n) is 20.4. The van der Waals surface area contributed by atoms with Crippen LogP contribution in [-0.4, -0.2) is 49.0 Å². The van der Waals surface area contributed by atoms with Crippen LogP contribution < -0.4 is 5.32 Å². The van der Waals surface area contributed by atoms with Crippen LogP contribution in [0.3, 0.4) is 0 Å². The Morgan fingerprint density at radius 1 is 1.11 bits per heavy atom. The highest BCUT2D eigenvalue weighted by Gasteiger charge is 2.22. The Morgan fingerprint density at radius 2 is 1.81 bits per heavy atom. The topological polar surface area (TPSA) is 125 Å². The van der Waals surface area contributed by atoms with E-state index in [1.165, 1.54) is 25.1 Å². The highest BCUT2D eigenvalue weighted by molar-refractivity contribution is 5.90. The maximum Gasteiger partial charge on any atom is 0.305 e. The molecule has 190 valence electrons. The van der Waals surface area contributed by atoms with Crippen LogP contribution in [0.4, 0.5) is 10.1 Å². The van der Waals surface area contributed by atoms with E-state index < -0.39 is 24.6 Å². The Morgan fingerprint density at radius 3 is 2.42 bits per heavy atom. The molecular formula is C27H30FN3O5. The largest absolute Gasteiger partial charge is 0.481 e. The summed E-state index contributed by atoms with van der Waals surface area (Å²) in [5.74, 6) is -1.11. The third-order valence-electron chi connectivity index (χ3n) is 5.41. The average molecular weight is 496 g/mol. The van der Waals surface area contributed by atoms with Gasteiger partial charge in [0.1, 0.15) is 11.6 Å². The van der Waals surface area contributed by atoms with Crippen molar-refractivity contribution in [2.24, 2.45) is 0 Å². The van der Waals surface area contributed by atoms with E-state index in [2.05, 4.69) is 5.32 Å². The molecule has 0 spiro atoms. The van der Waals surface area contributed by atoms with Crippen molar-refractivity contribution in [1.29, 1.82) is 0 Å². The predicted octanol–water partition coefficient (Wildman–Crippen LogP) is 4.50.